The Morgan fingerprint density at radius 3 is 2.89 bits per heavy atom. The van der Waals surface area contributed by atoms with E-state index in [9.17, 15) is 14.9 Å². The van der Waals surface area contributed by atoms with Crippen LogP contribution in [0.5, 0.6) is 0 Å². The Hall–Kier alpha value is -1.89. The van der Waals surface area contributed by atoms with Crippen molar-refractivity contribution in [1.82, 2.24) is 4.98 Å². The average Bonchev–Trinajstić information content (AvgIpc) is 2.72. The summed E-state index contributed by atoms with van der Waals surface area (Å²) in [7, 11) is 0. The lowest BCUT2D eigenvalue weighted by molar-refractivity contribution is -0.383. The minimum absolute atomic E-state index is 0.0202. The van der Waals surface area contributed by atoms with E-state index in [0.717, 1.165) is 0 Å². The van der Waals surface area contributed by atoms with Gasteiger partial charge in [0, 0.05) is 23.2 Å². The molecule has 0 aliphatic heterocycles. The van der Waals surface area contributed by atoms with Gasteiger partial charge in [-0.05, 0) is 22.9 Å². The summed E-state index contributed by atoms with van der Waals surface area (Å²) >= 11 is 3.27. The number of non-ortho nitro benzene ring substituents is 1. The molecule has 0 radical (unpaired) electrons. The number of rotatable bonds is 4. The molecule has 0 fully saturated rings. The third-order valence-electron chi connectivity index (χ3n) is 2.64. The van der Waals surface area contributed by atoms with E-state index >= 15 is 0 Å². The fraction of sp³-hybridized carbons (Fsp3) is 0.182. The molecule has 6 nitrogen and oxygen atoms in total. The molecule has 1 aromatic carbocycles. The van der Waals surface area contributed by atoms with Crippen LogP contribution < -0.4 is 0 Å². The van der Waals surface area contributed by atoms with Crippen LogP contribution in [0.4, 0.5) is 5.69 Å². The number of alkyl halides is 1. The number of hydrogen-bond acceptors (Lipinski definition) is 4. The van der Waals surface area contributed by atoms with Gasteiger partial charge in [0.15, 0.2) is 4.51 Å². The maximum atomic E-state index is 10.9. The molecule has 0 amide bonds. The highest BCUT2D eigenvalue weighted by Crippen LogP contribution is 2.38. The summed E-state index contributed by atoms with van der Waals surface area (Å²) in [5.41, 5.74) is 0.999. The van der Waals surface area contributed by atoms with Gasteiger partial charge >= 0.3 is 0 Å². The number of nitrogens with one attached hydrogen (secondary N) is 1. The number of benzene rings is 1. The number of fused-ring (bicyclic) bond motifs is 1. The molecule has 0 aliphatic carbocycles. The average molecular weight is 313 g/mol. The van der Waals surface area contributed by atoms with Gasteiger partial charge in [-0.15, -0.1) is 0 Å². The van der Waals surface area contributed by atoms with Gasteiger partial charge < -0.3 is 9.72 Å². The number of nitro benzene ring substituents is 1. The number of carbonyl (C=O) groups is 1. The normalized spacial score (nSPS) is 14.1. The zero-order valence-corrected chi connectivity index (χ0v) is 10.9. The largest absolute Gasteiger partial charge is 0.445 e. The number of ether oxygens (including phenoxy) is 1. The van der Waals surface area contributed by atoms with Gasteiger partial charge in [-0.3, -0.25) is 14.9 Å². The summed E-state index contributed by atoms with van der Waals surface area (Å²) in [4.78, 5) is 23.7. The molecule has 94 valence electrons. The van der Waals surface area contributed by atoms with Crippen LogP contribution in [-0.2, 0) is 14.0 Å². The summed E-state index contributed by atoms with van der Waals surface area (Å²) in [5, 5.41) is 11.5. The summed E-state index contributed by atoms with van der Waals surface area (Å²) in [6, 6.07) is 4.72. The first-order valence-corrected chi connectivity index (χ1v) is 5.82. The first-order chi connectivity index (χ1) is 8.47. The quantitative estimate of drug-likeness (QED) is 0.407. The molecule has 1 atom stereocenters. The van der Waals surface area contributed by atoms with E-state index in [-0.39, 0.29) is 5.69 Å². The maximum Gasteiger partial charge on any atom is 0.294 e. The molecule has 1 unspecified atom stereocenters. The number of H-pyrrole nitrogens is 1. The standard InChI is InChI=1S/C11H9BrN2O4/c1-11(12,18-6-15)8-5-13-10-7(8)3-2-4-9(10)14(16)17/h2-6,13H,1H3. The smallest absolute Gasteiger partial charge is 0.294 e. The Morgan fingerprint density at radius 1 is 1.56 bits per heavy atom. The summed E-state index contributed by atoms with van der Waals surface area (Å²) < 4.78 is 3.90. The zero-order valence-electron chi connectivity index (χ0n) is 9.34. The second kappa shape index (κ2) is 4.41. The summed E-state index contributed by atoms with van der Waals surface area (Å²) in [6.45, 7) is 1.97. The Bertz CT molecular complexity index is 621. The lowest BCUT2D eigenvalue weighted by Gasteiger charge is -2.19. The number of hydrogen-bond donors (Lipinski definition) is 1. The monoisotopic (exact) mass is 312 g/mol. The number of aromatic nitrogens is 1. The molecule has 0 saturated heterocycles. The first kappa shape index (κ1) is 12.6. The number of halogens is 1. The molecule has 1 aromatic heterocycles. The van der Waals surface area contributed by atoms with Gasteiger partial charge in [0.2, 0.25) is 0 Å². The maximum absolute atomic E-state index is 10.9. The number of nitrogens with zero attached hydrogens (tertiary/aromatic N) is 1. The van der Waals surface area contributed by atoms with Gasteiger partial charge in [0.25, 0.3) is 12.2 Å². The lowest BCUT2D eigenvalue weighted by Crippen LogP contribution is -2.16. The van der Waals surface area contributed by atoms with E-state index in [1.54, 1.807) is 25.3 Å². The number of carbonyl (C=O) groups excluding carboxylic acids is 1. The number of aromatic amines is 1. The van der Waals surface area contributed by atoms with Crippen molar-refractivity contribution in [3.63, 3.8) is 0 Å². The first-order valence-electron chi connectivity index (χ1n) is 5.02. The van der Waals surface area contributed by atoms with Crippen molar-refractivity contribution in [1.29, 1.82) is 0 Å². The van der Waals surface area contributed by atoms with Crippen molar-refractivity contribution in [3.05, 3.63) is 40.1 Å². The zero-order chi connectivity index (χ0) is 13.3. The highest BCUT2D eigenvalue weighted by atomic mass is 79.9. The van der Waals surface area contributed by atoms with Gasteiger partial charge in [0.05, 0.1) is 4.92 Å². The van der Waals surface area contributed by atoms with E-state index < -0.39 is 9.43 Å². The summed E-state index contributed by atoms with van der Waals surface area (Å²) in [6.07, 6.45) is 1.58. The number of para-hydroxylation sites is 1. The van der Waals surface area contributed by atoms with Crippen molar-refractivity contribution in [3.8, 4) is 0 Å². The highest BCUT2D eigenvalue weighted by Gasteiger charge is 2.29. The fourth-order valence-corrected chi connectivity index (χ4v) is 2.22. The fourth-order valence-electron chi connectivity index (χ4n) is 1.81. The molecular formula is C11H9BrN2O4. The molecule has 7 heteroatoms. The van der Waals surface area contributed by atoms with Crippen LogP contribution in [0.3, 0.4) is 0 Å². The topological polar surface area (TPSA) is 85.2 Å². The predicted octanol–water partition coefficient (Wildman–Crippen LogP) is 2.82. The van der Waals surface area contributed by atoms with Crippen molar-refractivity contribution >= 4 is 39.0 Å². The Morgan fingerprint density at radius 2 is 2.28 bits per heavy atom. The van der Waals surface area contributed by atoms with Crippen molar-refractivity contribution in [2.45, 2.75) is 11.4 Å². The van der Waals surface area contributed by atoms with Crippen LogP contribution in [-0.4, -0.2) is 16.4 Å². The SMILES string of the molecule is CC(Br)(OC=O)c1c[nH]c2c([N+](=O)[O-])cccc12. The third kappa shape index (κ3) is 1.97. The van der Waals surface area contributed by atoms with E-state index in [1.165, 1.54) is 6.07 Å². The number of nitro groups is 1. The molecular weight excluding hydrogens is 304 g/mol. The molecule has 2 rings (SSSR count). The molecule has 1 N–H and O–H groups in total. The Kier molecular flexibility index (Phi) is 3.08. The molecule has 2 aromatic rings. The Balaban J connectivity index is 2.66. The van der Waals surface area contributed by atoms with Crippen molar-refractivity contribution in [2.24, 2.45) is 0 Å². The summed E-state index contributed by atoms with van der Waals surface area (Å²) in [5.74, 6) is 0. The van der Waals surface area contributed by atoms with Crippen molar-refractivity contribution in [2.75, 3.05) is 0 Å². The van der Waals surface area contributed by atoms with Crippen LogP contribution in [0, 0.1) is 10.1 Å². The predicted molar refractivity (Wildman–Crippen MR) is 68.4 cm³/mol. The Labute approximate surface area is 110 Å². The highest BCUT2D eigenvalue weighted by molar-refractivity contribution is 9.09. The minimum Gasteiger partial charge on any atom is -0.445 e. The second-order valence-electron chi connectivity index (χ2n) is 3.79. The minimum atomic E-state index is -1.03. The molecule has 1 heterocycles. The van der Waals surface area contributed by atoms with Gasteiger partial charge in [-0.25, -0.2) is 0 Å². The van der Waals surface area contributed by atoms with Gasteiger partial charge in [0.1, 0.15) is 5.52 Å². The van der Waals surface area contributed by atoms with Crippen LogP contribution in [0.25, 0.3) is 10.9 Å². The molecule has 0 spiro atoms. The van der Waals surface area contributed by atoms with Crippen LogP contribution >= 0.6 is 15.9 Å². The van der Waals surface area contributed by atoms with Crippen LogP contribution in [0.15, 0.2) is 24.4 Å². The third-order valence-corrected chi connectivity index (χ3v) is 3.25. The molecule has 0 bridgehead atoms. The van der Waals surface area contributed by atoms with Gasteiger partial charge in [-0.1, -0.05) is 12.1 Å². The molecule has 18 heavy (non-hydrogen) atoms. The molecule has 0 aliphatic rings. The van der Waals surface area contributed by atoms with E-state index in [1.807, 2.05) is 0 Å². The van der Waals surface area contributed by atoms with E-state index in [2.05, 4.69) is 20.9 Å². The molecule has 0 saturated carbocycles. The van der Waals surface area contributed by atoms with E-state index in [0.29, 0.717) is 22.9 Å². The van der Waals surface area contributed by atoms with Crippen molar-refractivity contribution < 1.29 is 14.5 Å². The van der Waals surface area contributed by atoms with Crippen LogP contribution in [0.1, 0.15) is 12.5 Å². The van der Waals surface area contributed by atoms with Crippen LogP contribution in [0.2, 0.25) is 0 Å². The van der Waals surface area contributed by atoms with E-state index in [4.69, 9.17) is 4.74 Å². The lowest BCUT2D eigenvalue weighted by atomic mass is 10.1. The van der Waals surface area contributed by atoms with Gasteiger partial charge in [-0.2, -0.15) is 0 Å². The second-order valence-corrected chi connectivity index (χ2v) is 5.30.